The highest BCUT2D eigenvalue weighted by molar-refractivity contribution is 5.38. The van der Waals surface area contributed by atoms with Crippen molar-refractivity contribution in [1.29, 1.82) is 0 Å². The van der Waals surface area contributed by atoms with Crippen molar-refractivity contribution in [1.82, 2.24) is 5.01 Å². The fourth-order valence-corrected chi connectivity index (χ4v) is 4.03. The molecule has 2 rings (SSSR count). The summed E-state index contributed by atoms with van der Waals surface area (Å²) >= 11 is 0. The molecule has 0 saturated carbocycles. The van der Waals surface area contributed by atoms with E-state index >= 15 is 0 Å². The molecule has 1 aliphatic heterocycles. The smallest absolute Gasteiger partial charge is 0.263 e. The minimum Gasteiger partial charge on any atom is -0.263 e. The molecule has 0 aromatic rings. The number of hydrogen-bond donors (Lipinski definition) is 0. The maximum atomic E-state index is 12.1. The topological polar surface area (TPSA) is 262 Å². The van der Waals surface area contributed by atoms with Gasteiger partial charge in [0.05, 0.1) is 15.9 Å². The molecule has 1 aliphatic carbocycles. The van der Waals surface area contributed by atoms with E-state index in [2.05, 4.69) is 0 Å². The number of hydrazine groups is 1. The number of nitrogens with zero attached hydrogens (tertiary/aromatic N) is 7. The van der Waals surface area contributed by atoms with Crippen LogP contribution in [0.5, 0.6) is 0 Å². The first kappa shape index (κ1) is 21.0. The lowest BCUT2D eigenvalue weighted by Gasteiger charge is -2.28. The van der Waals surface area contributed by atoms with E-state index in [1.165, 1.54) is 0 Å². The van der Waals surface area contributed by atoms with Gasteiger partial charge in [-0.1, -0.05) is 19.1 Å². The van der Waals surface area contributed by atoms with E-state index in [9.17, 15) is 60.7 Å². The molecule has 0 amide bonds. The van der Waals surface area contributed by atoms with E-state index in [1.54, 1.807) is 0 Å². The Morgan fingerprint density at radius 1 is 0.862 bits per heavy atom. The SMILES string of the molecule is CCC1C=CC=C2N([N+](=O)[O-])C([N+](=O)[O-])([N+](=O)[O-])C([N+](=O)[O-])([N+](=O)[O-])C21[N+](=O)[O-]. The van der Waals surface area contributed by atoms with E-state index in [0.29, 0.717) is 6.08 Å². The van der Waals surface area contributed by atoms with Crippen LogP contribution in [0.15, 0.2) is 23.9 Å². The Kier molecular flexibility index (Phi) is 4.42. The zero-order valence-corrected chi connectivity index (χ0v) is 14.0. The normalized spacial score (nSPS) is 26.2. The molecule has 2 atom stereocenters. The Hall–Kier alpha value is -4.32. The molecule has 29 heavy (non-hydrogen) atoms. The van der Waals surface area contributed by atoms with Gasteiger partial charge in [-0.2, -0.15) is 0 Å². The summed E-state index contributed by atoms with van der Waals surface area (Å²) in [5.41, 5.74) is -10.3. The molecule has 0 aromatic carbocycles. The van der Waals surface area contributed by atoms with Crippen molar-refractivity contribution in [3.8, 4) is 0 Å². The number of nitro groups is 6. The second-order valence-corrected chi connectivity index (χ2v) is 5.86. The first-order valence-corrected chi connectivity index (χ1v) is 7.40. The average molecular weight is 419 g/mol. The fourth-order valence-electron chi connectivity index (χ4n) is 4.03. The van der Waals surface area contributed by atoms with Crippen LogP contribution in [0.2, 0.25) is 0 Å². The lowest BCUT2D eigenvalue weighted by molar-refractivity contribution is -0.990. The molecule has 0 bridgehead atoms. The van der Waals surface area contributed by atoms with Gasteiger partial charge in [-0.3, -0.25) is 50.6 Å². The zero-order chi connectivity index (χ0) is 22.5. The first-order chi connectivity index (χ1) is 13.3. The van der Waals surface area contributed by atoms with Gasteiger partial charge in [0.1, 0.15) is 19.7 Å². The van der Waals surface area contributed by atoms with Gasteiger partial charge in [-0.25, -0.2) is 10.1 Å². The molecule has 2 unspecified atom stereocenters. The van der Waals surface area contributed by atoms with Crippen LogP contribution in [-0.4, -0.2) is 51.6 Å². The minimum absolute atomic E-state index is 0.411. The summed E-state index contributed by atoms with van der Waals surface area (Å²) in [7, 11) is 0. The van der Waals surface area contributed by atoms with Gasteiger partial charge in [-0.05, 0) is 12.5 Å². The molecule has 1 fully saturated rings. The molecular formula is C10H9N7O12. The number of allylic oxidation sites excluding steroid dienone is 2. The molecule has 19 heteroatoms. The molecule has 156 valence electrons. The predicted octanol–water partition coefficient (Wildman–Crippen LogP) is -0.554. The molecule has 1 saturated heterocycles. The van der Waals surface area contributed by atoms with Crippen molar-refractivity contribution in [3.05, 3.63) is 84.6 Å². The number of hydrogen-bond acceptors (Lipinski definition) is 12. The Morgan fingerprint density at radius 3 is 1.66 bits per heavy atom. The first-order valence-electron chi connectivity index (χ1n) is 7.40. The van der Waals surface area contributed by atoms with Crippen LogP contribution in [0, 0.1) is 66.6 Å². The lowest BCUT2D eigenvalue weighted by Crippen LogP contribution is -2.81. The van der Waals surface area contributed by atoms with Crippen molar-refractivity contribution in [2.75, 3.05) is 0 Å². The van der Waals surface area contributed by atoms with Crippen LogP contribution < -0.4 is 0 Å². The van der Waals surface area contributed by atoms with Crippen molar-refractivity contribution in [2.45, 2.75) is 30.3 Å². The fraction of sp³-hybridized carbons (Fsp3) is 0.600. The van der Waals surface area contributed by atoms with E-state index < -0.39 is 69.7 Å². The summed E-state index contributed by atoms with van der Waals surface area (Å²) in [6.07, 6.45) is 1.62. The molecule has 0 aromatic heterocycles. The van der Waals surface area contributed by atoms with Gasteiger partial charge in [-0.15, -0.1) is 0 Å². The molecule has 0 radical (unpaired) electrons. The highest BCUT2D eigenvalue weighted by atomic mass is 16.8. The second-order valence-electron chi connectivity index (χ2n) is 5.86. The van der Waals surface area contributed by atoms with Crippen LogP contribution in [0.25, 0.3) is 0 Å². The Balaban J connectivity index is 3.36. The summed E-state index contributed by atoms with van der Waals surface area (Å²) in [4.78, 5) is 60.6. The number of rotatable bonds is 7. The Morgan fingerprint density at radius 2 is 1.34 bits per heavy atom. The Bertz CT molecular complexity index is 898. The third-order valence-electron chi connectivity index (χ3n) is 4.98. The van der Waals surface area contributed by atoms with Crippen molar-refractivity contribution >= 4 is 0 Å². The van der Waals surface area contributed by atoms with E-state index in [1.807, 2.05) is 0 Å². The van der Waals surface area contributed by atoms with Gasteiger partial charge >= 0.3 is 17.0 Å². The van der Waals surface area contributed by atoms with Crippen LogP contribution in [0.4, 0.5) is 0 Å². The maximum Gasteiger partial charge on any atom is 0.746 e. The standard InChI is InChI=1S/C10H9N7O12/c1-2-6-4-3-5-7-8(6,12(18)19)9(13(20)21,14(22)23)10(15(24)25,16(26)27)11(7)17(28)29/h3-6H,2H2,1H3. The summed E-state index contributed by atoms with van der Waals surface area (Å²) in [6.45, 7) is 1.16. The third kappa shape index (κ3) is 1.84. The quantitative estimate of drug-likeness (QED) is 0.285. The van der Waals surface area contributed by atoms with Crippen molar-refractivity contribution in [3.63, 3.8) is 0 Å². The largest absolute Gasteiger partial charge is 0.746 e. The van der Waals surface area contributed by atoms with E-state index in [4.69, 9.17) is 0 Å². The average Bonchev–Trinajstić information content (AvgIpc) is 2.87. The maximum absolute atomic E-state index is 12.1. The highest BCUT2D eigenvalue weighted by Gasteiger charge is 3.17. The summed E-state index contributed by atoms with van der Waals surface area (Å²) in [5, 5.41) is 68.1. The summed E-state index contributed by atoms with van der Waals surface area (Å²) in [6, 6.07) is 0. The molecule has 0 spiro atoms. The monoisotopic (exact) mass is 419 g/mol. The molecule has 1 heterocycles. The van der Waals surface area contributed by atoms with Crippen LogP contribution in [0.3, 0.4) is 0 Å². The van der Waals surface area contributed by atoms with Gasteiger partial charge in [0.2, 0.25) is 0 Å². The van der Waals surface area contributed by atoms with Gasteiger partial charge in [0.15, 0.2) is 10.7 Å². The molecule has 19 nitrogen and oxygen atoms in total. The zero-order valence-electron chi connectivity index (χ0n) is 14.0. The summed E-state index contributed by atoms with van der Waals surface area (Å²) < 4.78 is 0. The molecule has 0 N–H and O–H groups in total. The van der Waals surface area contributed by atoms with Crippen LogP contribution in [-0.2, 0) is 0 Å². The Labute approximate surface area is 156 Å². The van der Waals surface area contributed by atoms with E-state index in [0.717, 1.165) is 19.1 Å². The van der Waals surface area contributed by atoms with Gasteiger partial charge in [0, 0.05) is 0 Å². The van der Waals surface area contributed by atoms with Gasteiger partial charge in [0.25, 0.3) is 0 Å². The molecule has 2 aliphatic rings. The molecular weight excluding hydrogens is 410 g/mol. The van der Waals surface area contributed by atoms with Crippen LogP contribution in [0.1, 0.15) is 13.3 Å². The highest BCUT2D eigenvalue weighted by Crippen LogP contribution is 2.59. The van der Waals surface area contributed by atoms with Gasteiger partial charge < -0.3 is 0 Å². The van der Waals surface area contributed by atoms with E-state index in [-0.39, 0.29) is 0 Å². The lowest BCUT2D eigenvalue weighted by atomic mass is 9.69. The predicted molar refractivity (Wildman–Crippen MR) is 83.0 cm³/mol. The van der Waals surface area contributed by atoms with Crippen molar-refractivity contribution < 1.29 is 29.6 Å². The van der Waals surface area contributed by atoms with Crippen LogP contribution >= 0.6 is 0 Å². The number of fused-ring (bicyclic) bond motifs is 1. The second kappa shape index (κ2) is 6.10. The summed E-state index contributed by atoms with van der Waals surface area (Å²) in [5.74, 6) is -6.88. The third-order valence-corrected chi connectivity index (χ3v) is 4.98. The van der Waals surface area contributed by atoms with Crippen molar-refractivity contribution in [2.24, 2.45) is 5.92 Å². The minimum atomic E-state index is -4.97.